The molecule has 0 spiro atoms. The van der Waals surface area contributed by atoms with E-state index in [0.29, 0.717) is 25.4 Å². The van der Waals surface area contributed by atoms with Crippen molar-refractivity contribution in [2.24, 2.45) is 11.5 Å². The van der Waals surface area contributed by atoms with Crippen LogP contribution < -0.4 is 63.9 Å². The minimum Gasteiger partial charge on any atom is -0.744 e. The van der Waals surface area contributed by atoms with Gasteiger partial charge in [-0.2, -0.15) is 0 Å². The van der Waals surface area contributed by atoms with Crippen LogP contribution in [0.5, 0.6) is 23.0 Å². The molecule has 4 aliphatic heterocycles. The lowest BCUT2D eigenvalue weighted by Gasteiger charge is -2.27. The molecule has 2 fully saturated rings. The number of fused-ring (bicyclic) bond motifs is 4. The van der Waals surface area contributed by atoms with E-state index in [-0.39, 0.29) is 107 Å². The number of imide groups is 2. The van der Waals surface area contributed by atoms with E-state index in [0.717, 1.165) is 59.4 Å². The number of Topliss-reactive ketones (excluding diaryl/α,β-unsaturated/α-hetero) is 2. The predicted octanol–water partition coefficient (Wildman–Crippen LogP) is 0.751. The molecule has 4 amide bonds. The summed E-state index contributed by atoms with van der Waals surface area (Å²) in [7, 11) is -20.9. The lowest BCUT2D eigenvalue weighted by Crippen LogP contribution is -2.53. The van der Waals surface area contributed by atoms with Crippen LogP contribution in [0.2, 0.25) is 0 Å². The molecule has 0 aromatic heterocycles. The number of nitrogen functional groups attached to an aromatic ring is 2. The van der Waals surface area contributed by atoms with Gasteiger partial charge >= 0.3 is 17.9 Å². The third-order valence-electron chi connectivity index (χ3n) is 16.5. The van der Waals surface area contributed by atoms with Crippen LogP contribution >= 0.6 is 23.5 Å². The summed E-state index contributed by atoms with van der Waals surface area (Å²) in [4.78, 5) is 105. The Hall–Kier alpha value is -9.79. The Morgan fingerprint density at radius 3 is 1.22 bits per heavy atom. The van der Waals surface area contributed by atoms with Crippen molar-refractivity contribution >= 4 is 153 Å². The Morgan fingerprint density at radius 2 is 0.899 bits per heavy atom. The molecule has 13 N–H and O–H groups in total. The normalized spacial score (nSPS) is 16.1. The Morgan fingerprint density at radius 1 is 0.541 bits per heavy atom. The first-order chi connectivity index (χ1) is 51.0. The van der Waals surface area contributed by atoms with Gasteiger partial charge in [-0.3, -0.25) is 54.0 Å². The molecule has 584 valence electrons. The van der Waals surface area contributed by atoms with Crippen molar-refractivity contribution in [3.63, 3.8) is 0 Å². The molecule has 4 aliphatic rings. The second-order valence-electron chi connectivity index (χ2n) is 24.2. The number of ketones is 2. The Bertz CT molecular complexity index is 5180. The number of nitrogens with two attached hydrogens (primary N) is 4. The smallest absolute Gasteiger partial charge is 0.336 e. The summed E-state index contributed by atoms with van der Waals surface area (Å²) in [6.07, 6.45) is 1.94. The number of thioether (sulfide) groups is 2. The molecular formula is C69H72N8O26S6-4. The van der Waals surface area contributed by atoms with Gasteiger partial charge in [-0.05, 0) is 110 Å². The van der Waals surface area contributed by atoms with Gasteiger partial charge in [-0.25, -0.2) is 43.3 Å². The fourth-order valence-corrected chi connectivity index (χ4v) is 16.7. The zero-order chi connectivity index (χ0) is 81.3. The molecule has 0 saturated carbocycles. The zero-order valence-electron chi connectivity index (χ0n) is 58.2. The zero-order valence-corrected chi connectivity index (χ0v) is 63.1. The molecule has 109 heavy (non-hydrogen) atoms. The van der Waals surface area contributed by atoms with E-state index < -0.39 is 153 Å². The van der Waals surface area contributed by atoms with E-state index in [2.05, 4.69) is 23.8 Å². The summed E-state index contributed by atoms with van der Waals surface area (Å²) in [5.41, 5.74) is 21.0. The second kappa shape index (κ2) is 35.7. The maximum Gasteiger partial charge on any atom is 0.336 e. The summed E-state index contributed by atoms with van der Waals surface area (Å²) >= 11 is 2.42. The quantitative estimate of drug-likeness (QED) is 0.0148. The van der Waals surface area contributed by atoms with Crippen LogP contribution in [0.4, 0.5) is 11.4 Å². The molecule has 0 radical (unpaired) electrons. The van der Waals surface area contributed by atoms with Crippen molar-refractivity contribution < 1.29 is 120 Å². The number of hydrogen-bond acceptors (Lipinski definition) is 31. The number of carbonyl (C=O) groups is 9. The number of ether oxygens (including phenoxy) is 2. The molecule has 6 aromatic rings. The van der Waals surface area contributed by atoms with Gasteiger partial charge in [-0.1, -0.05) is 88.4 Å². The number of amides is 4. The van der Waals surface area contributed by atoms with Crippen molar-refractivity contribution in [2.45, 2.75) is 115 Å². The number of carboxylic acids is 3. The van der Waals surface area contributed by atoms with E-state index in [1.807, 2.05) is 13.8 Å². The summed E-state index contributed by atoms with van der Waals surface area (Å²) in [6.45, 7) is 15.4. The van der Waals surface area contributed by atoms with E-state index in [1.54, 1.807) is 0 Å². The lowest BCUT2D eigenvalue weighted by atomic mass is 9.89. The van der Waals surface area contributed by atoms with Crippen molar-refractivity contribution in [1.29, 1.82) is 0 Å². The van der Waals surface area contributed by atoms with Crippen molar-refractivity contribution in [1.82, 2.24) is 20.4 Å². The number of anilines is 2. The first-order valence-electron chi connectivity index (χ1n) is 32.5. The molecule has 10 rings (SSSR count). The Kier molecular flexibility index (Phi) is 28.3. The number of unbranched alkanes of at least 4 members (excludes halogenated alkanes) is 2. The average Bonchev–Trinajstić information content (AvgIpc) is 1.39. The molecular weight excluding hydrogens is 1550 g/mol. The largest absolute Gasteiger partial charge is 0.744 e. The van der Waals surface area contributed by atoms with Gasteiger partial charge in [-0.15, -0.1) is 23.5 Å². The van der Waals surface area contributed by atoms with Crippen LogP contribution in [0.1, 0.15) is 109 Å². The van der Waals surface area contributed by atoms with Crippen LogP contribution in [0, 0.1) is 0 Å². The van der Waals surface area contributed by atoms with Gasteiger partial charge in [0.15, 0.2) is 34.6 Å². The van der Waals surface area contributed by atoms with Crippen LogP contribution in [-0.4, -0.2) is 190 Å². The molecule has 0 aliphatic carbocycles. The molecule has 5 atom stereocenters. The summed E-state index contributed by atoms with van der Waals surface area (Å²) in [5, 5.41) is 32.4. The SMILES string of the molecule is C=c1ccc2c(c1S(=O)(=O)[O-])Oc1c(ccc(N)c1S(=O)(=O)[O-])C=2c1ccccc1C(=O)O.C=c1ccc2c(c1S(=O)(=O)[O-])Oc1c(ccc(N)c1S(=O)(=O)[O-])C=2c1ccccc1C(=O)O.CCCCNC(C(C)=O)N1C(=O)CC(SCCN)C1=O.CCCCNC(C(C)=O)N1C(=O)CC(SC[C@H](N)C(=O)O)C1=O. The minimum atomic E-state index is -5.24. The molecule has 40 heteroatoms. The molecule has 6 aromatic carbocycles. The van der Waals surface area contributed by atoms with Crippen LogP contribution in [-0.2, 0) is 74.0 Å². The maximum atomic E-state index is 12.4. The van der Waals surface area contributed by atoms with Crippen molar-refractivity contribution in [3.05, 3.63) is 151 Å². The number of nitrogens with one attached hydrogen (secondary N) is 2. The number of hydrogen-bond donors (Lipinski definition) is 9. The third-order valence-corrected chi connectivity index (χ3v) is 22.9. The van der Waals surface area contributed by atoms with Crippen molar-refractivity contribution in [2.75, 3.05) is 42.6 Å². The molecule has 34 nitrogen and oxygen atoms in total. The minimum absolute atomic E-state index is 0.0166. The molecule has 4 heterocycles. The van der Waals surface area contributed by atoms with Crippen LogP contribution in [0.3, 0.4) is 0 Å². The van der Waals surface area contributed by atoms with Gasteiger partial charge in [0.25, 0.3) is 0 Å². The molecule has 0 bridgehead atoms. The molecule has 2 saturated heterocycles. The average molecular weight is 1620 g/mol. The number of aromatic carboxylic acids is 2. The van der Waals surface area contributed by atoms with Gasteiger partial charge in [0.05, 0.1) is 33.0 Å². The first-order valence-corrected chi connectivity index (χ1v) is 40.2. The Balaban J connectivity index is 0.000000207. The summed E-state index contributed by atoms with van der Waals surface area (Å²) in [5.74, 6) is -7.56. The number of carboxylic acid groups (broad SMARTS) is 3. The molecule has 4 unspecified atom stereocenters. The summed E-state index contributed by atoms with van der Waals surface area (Å²) < 4.78 is 155. The van der Waals surface area contributed by atoms with Crippen molar-refractivity contribution in [3.8, 4) is 23.0 Å². The van der Waals surface area contributed by atoms with Crippen LogP contribution in [0.25, 0.3) is 24.3 Å². The Labute approximate surface area is 632 Å². The predicted molar refractivity (Wildman–Crippen MR) is 391 cm³/mol. The second-order valence-corrected chi connectivity index (χ2v) is 32.0. The topological polar surface area (TPSA) is 596 Å². The fraction of sp³-hybridized carbons (Fsp3) is 0.290. The summed E-state index contributed by atoms with van der Waals surface area (Å²) in [6, 6.07) is 20.2. The lowest BCUT2D eigenvalue weighted by molar-refractivity contribution is -0.147. The number of rotatable bonds is 27. The van der Waals surface area contributed by atoms with E-state index in [4.69, 9.17) is 37.5 Å². The highest BCUT2D eigenvalue weighted by atomic mass is 32.2. The van der Waals surface area contributed by atoms with E-state index in [1.165, 1.54) is 111 Å². The van der Waals surface area contributed by atoms with Gasteiger partial charge in [0.1, 0.15) is 78.4 Å². The van der Waals surface area contributed by atoms with Gasteiger partial charge < -0.3 is 65.9 Å². The highest BCUT2D eigenvalue weighted by Gasteiger charge is 2.46. The number of aliphatic carboxylic acids is 1. The monoisotopic (exact) mass is 1620 g/mol. The van der Waals surface area contributed by atoms with E-state index in [9.17, 15) is 105 Å². The number of nitrogens with zero attached hydrogens (tertiary/aromatic N) is 2. The highest BCUT2D eigenvalue weighted by Crippen LogP contribution is 2.46. The highest BCUT2D eigenvalue weighted by molar-refractivity contribution is 8.01. The van der Waals surface area contributed by atoms with Gasteiger partial charge in [0.2, 0.25) is 23.6 Å². The first kappa shape index (κ1) is 86.4. The maximum absolute atomic E-state index is 12.4. The number of likely N-dealkylation sites (tertiary alicyclic amines) is 2. The van der Waals surface area contributed by atoms with Gasteiger partial charge in [0, 0.05) is 63.6 Å². The van der Waals surface area contributed by atoms with Crippen LogP contribution in [0.15, 0.2) is 117 Å². The number of benzene rings is 6. The third kappa shape index (κ3) is 19.6. The fourth-order valence-electron chi connectivity index (χ4n) is 11.7. The standard InChI is InChI=1S/2C21H15NO9S2.C14H23N3O5S.C13H23N3O3S/c2*1-10-6-7-13-16(11-4-2-3-5-12(11)21(23)24)14-8-9-15(22)20(33(28,29)30)18(14)31-17(13)19(10)32(25,26)27;1-3-4-5-16-12(8(2)18)17-11(19)6-10(13(17)20)23-7-9(15)14(21)22;1-3-4-6-15-12(9(2)17)16-11(18)8-10(13(16)19)20-7-5-14/h2*2-9H,1,22H2,(H,23,24)(H,25,26,27)(H,28,29,30);9-10,12,16H,3-7,15H2,1-2H3,(H,21,22);10,12,15H,3-8,14H2,1-2H3/p-4/t;;9-,10?,12?;/m..0./s1. The number of carbonyl (C=O) groups excluding carboxylic acids is 6. The van der Waals surface area contributed by atoms with E-state index >= 15 is 0 Å².